The van der Waals surface area contributed by atoms with Gasteiger partial charge in [-0.05, 0) is 43.4 Å². The number of rotatable bonds is 80. The summed E-state index contributed by atoms with van der Waals surface area (Å²) in [6.45, 7) is 12.0. The summed E-state index contributed by atoms with van der Waals surface area (Å²) in [6.07, 6.45) is 61.0. The Morgan fingerprint density at radius 2 is 0.505 bits per heavy atom. The summed E-state index contributed by atoms with van der Waals surface area (Å²) in [7, 11) is -9.92. The van der Waals surface area contributed by atoms with Gasteiger partial charge in [0.25, 0.3) is 0 Å². The summed E-state index contributed by atoms with van der Waals surface area (Å²) in [4.78, 5) is 73.1. The van der Waals surface area contributed by atoms with E-state index in [1.807, 2.05) is 0 Å². The molecule has 3 N–H and O–H groups in total. The lowest BCUT2D eigenvalue weighted by Gasteiger charge is -2.21. The predicted octanol–water partition coefficient (Wildman–Crippen LogP) is 24.5. The molecule has 0 saturated carbocycles. The van der Waals surface area contributed by atoms with E-state index in [9.17, 15) is 43.2 Å². The topological polar surface area (TPSA) is 237 Å². The van der Waals surface area contributed by atoms with Gasteiger partial charge in [0.05, 0.1) is 26.4 Å². The lowest BCUT2D eigenvalue weighted by Crippen LogP contribution is -2.30. The zero-order valence-corrected chi connectivity index (χ0v) is 68.2. The van der Waals surface area contributed by atoms with E-state index in [0.29, 0.717) is 25.7 Å². The Bertz CT molecular complexity index is 1960. The minimum atomic E-state index is -4.96. The maximum Gasteiger partial charge on any atom is 0.472 e. The molecule has 0 aliphatic heterocycles. The van der Waals surface area contributed by atoms with Crippen LogP contribution in [0.25, 0.3) is 0 Å². The molecule has 7 atom stereocenters. The number of aliphatic hydroxyl groups is 1. The van der Waals surface area contributed by atoms with Crippen molar-refractivity contribution in [3.05, 3.63) is 0 Å². The van der Waals surface area contributed by atoms with Crippen molar-refractivity contribution < 1.29 is 80.2 Å². The highest BCUT2D eigenvalue weighted by Gasteiger charge is 2.30. The first-order valence-corrected chi connectivity index (χ1v) is 45.4. The number of hydrogen-bond acceptors (Lipinski definition) is 15. The smallest absolute Gasteiger partial charge is 0.462 e. The standard InChI is InChI=1S/C82H160O17P2/c1-8-11-12-13-14-15-16-17-18-19-20-21-22-23-24-25-26-36-44-51-58-65-81(86)98-77(69-92-79(84)63-56-49-42-35-29-27-33-40-47-54-61-74(6)9-2)71-96-100(88,89)94-67-76(83)68-95-101(90,91)97-72-78(70-93-80(85)64-57-50-43-38-31-32-39-46-53-60-73(4)5)99-82(87)66-59-52-45-37-30-28-34-41-48-55-62-75(7)10-3/h73-78,83H,8-72H2,1-7H3,(H,88,89)(H,90,91)/t74?,75?,76-,77-,78-/m1/s1. The fraction of sp³-hybridized carbons (Fsp3) is 0.951. The molecule has 0 aliphatic carbocycles. The summed E-state index contributed by atoms with van der Waals surface area (Å²) in [5, 5.41) is 10.7. The van der Waals surface area contributed by atoms with E-state index in [-0.39, 0.29) is 25.7 Å². The molecule has 600 valence electrons. The highest BCUT2D eigenvalue weighted by atomic mass is 31.2. The first-order valence-electron chi connectivity index (χ1n) is 42.4. The number of carbonyl (C=O) groups is 4. The molecule has 0 spiro atoms. The summed E-state index contributed by atoms with van der Waals surface area (Å²) in [5.74, 6) is 0.245. The molecule has 0 radical (unpaired) electrons. The van der Waals surface area contributed by atoms with E-state index >= 15 is 0 Å². The van der Waals surface area contributed by atoms with Crippen molar-refractivity contribution in [2.45, 2.75) is 446 Å². The number of esters is 4. The average molecular weight is 1480 g/mol. The SMILES string of the molecule is CCCCCCCCCCCCCCCCCCCCCCCC(=O)O[C@H](COC(=O)CCCCCCCCCCCCC(C)CC)COP(=O)(O)OC[C@@H](O)COP(=O)(O)OC[C@@H](COC(=O)CCCCCCCCCCCC(C)C)OC(=O)CCCCCCCCCCCCC(C)CC. The molecule has 0 aromatic rings. The number of carbonyl (C=O) groups excluding carboxylic acids is 4. The number of aliphatic hydroxyl groups excluding tert-OH is 1. The molecule has 0 saturated heterocycles. The molecule has 101 heavy (non-hydrogen) atoms. The number of phosphoric acid groups is 2. The number of phosphoric ester groups is 2. The van der Waals surface area contributed by atoms with Crippen molar-refractivity contribution in [2.75, 3.05) is 39.6 Å². The molecular weight excluding hydrogens is 1320 g/mol. The largest absolute Gasteiger partial charge is 0.472 e. The van der Waals surface area contributed by atoms with E-state index in [4.69, 9.17) is 37.0 Å². The normalized spacial score (nSPS) is 14.5. The van der Waals surface area contributed by atoms with E-state index in [1.54, 1.807) is 0 Å². The highest BCUT2D eigenvalue weighted by Crippen LogP contribution is 2.45. The van der Waals surface area contributed by atoms with Gasteiger partial charge >= 0.3 is 39.5 Å². The minimum Gasteiger partial charge on any atom is -0.462 e. The Balaban J connectivity index is 5.25. The molecule has 0 bridgehead atoms. The van der Waals surface area contributed by atoms with Crippen LogP contribution in [0.3, 0.4) is 0 Å². The van der Waals surface area contributed by atoms with Gasteiger partial charge in [0.2, 0.25) is 0 Å². The maximum atomic E-state index is 13.1. The molecule has 0 aliphatic rings. The zero-order valence-electron chi connectivity index (χ0n) is 66.4. The second-order valence-electron chi connectivity index (χ2n) is 30.5. The summed E-state index contributed by atoms with van der Waals surface area (Å²) in [6, 6.07) is 0. The Labute approximate surface area is 619 Å². The van der Waals surface area contributed by atoms with Crippen molar-refractivity contribution in [1.82, 2.24) is 0 Å². The monoisotopic (exact) mass is 1480 g/mol. The third-order valence-electron chi connectivity index (χ3n) is 19.9. The minimum absolute atomic E-state index is 0.106. The van der Waals surface area contributed by atoms with Crippen molar-refractivity contribution in [3.63, 3.8) is 0 Å². The van der Waals surface area contributed by atoms with Crippen LogP contribution < -0.4 is 0 Å². The average Bonchev–Trinajstić information content (AvgIpc) is 0.972. The highest BCUT2D eigenvalue weighted by molar-refractivity contribution is 7.47. The van der Waals surface area contributed by atoms with Crippen molar-refractivity contribution >= 4 is 39.5 Å². The summed E-state index contributed by atoms with van der Waals surface area (Å²) in [5.41, 5.74) is 0. The Morgan fingerprint density at radius 3 is 0.752 bits per heavy atom. The number of ether oxygens (including phenoxy) is 4. The number of unbranched alkanes of at least 4 members (excludes halogenated alkanes) is 46. The quantitative estimate of drug-likeness (QED) is 0.0222. The second kappa shape index (κ2) is 72.3. The van der Waals surface area contributed by atoms with Gasteiger partial charge < -0.3 is 33.8 Å². The van der Waals surface area contributed by atoms with Crippen LogP contribution in [0.1, 0.15) is 427 Å². The third kappa shape index (κ3) is 73.4. The van der Waals surface area contributed by atoms with Crippen LogP contribution in [-0.2, 0) is 65.4 Å². The zero-order chi connectivity index (χ0) is 74.4. The van der Waals surface area contributed by atoms with Gasteiger partial charge in [-0.2, -0.15) is 0 Å². The lowest BCUT2D eigenvalue weighted by atomic mass is 9.99. The molecule has 0 aromatic heterocycles. The van der Waals surface area contributed by atoms with Gasteiger partial charge in [0, 0.05) is 25.7 Å². The van der Waals surface area contributed by atoms with Gasteiger partial charge in [-0.25, -0.2) is 9.13 Å². The van der Waals surface area contributed by atoms with E-state index in [2.05, 4.69) is 48.5 Å². The maximum absolute atomic E-state index is 13.1. The predicted molar refractivity (Wildman–Crippen MR) is 414 cm³/mol. The number of hydrogen-bond donors (Lipinski definition) is 3. The van der Waals surface area contributed by atoms with Gasteiger partial charge in [0.15, 0.2) is 12.2 Å². The Hall–Kier alpha value is -1.94. The Kier molecular flexibility index (Phi) is 70.9. The van der Waals surface area contributed by atoms with Crippen molar-refractivity contribution in [3.8, 4) is 0 Å². The molecule has 0 aromatic carbocycles. The van der Waals surface area contributed by atoms with E-state index in [1.165, 1.54) is 238 Å². The fourth-order valence-electron chi connectivity index (χ4n) is 12.6. The van der Waals surface area contributed by atoms with Crippen molar-refractivity contribution in [1.29, 1.82) is 0 Å². The summed E-state index contributed by atoms with van der Waals surface area (Å²) >= 11 is 0. The molecular formula is C82H160O17P2. The van der Waals surface area contributed by atoms with Gasteiger partial charge in [-0.3, -0.25) is 37.3 Å². The molecule has 17 nitrogen and oxygen atoms in total. The van der Waals surface area contributed by atoms with Gasteiger partial charge in [-0.15, -0.1) is 0 Å². The van der Waals surface area contributed by atoms with Crippen LogP contribution in [-0.4, -0.2) is 96.7 Å². The first kappa shape index (κ1) is 99.1. The van der Waals surface area contributed by atoms with Crippen LogP contribution in [0.5, 0.6) is 0 Å². The van der Waals surface area contributed by atoms with Crippen LogP contribution in [0.2, 0.25) is 0 Å². The molecule has 19 heteroatoms. The molecule has 0 heterocycles. The molecule has 0 rings (SSSR count). The fourth-order valence-corrected chi connectivity index (χ4v) is 14.2. The van der Waals surface area contributed by atoms with E-state index < -0.39 is 97.5 Å². The van der Waals surface area contributed by atoms with Crippen molar-refractivity contribution in [2.24, 2.45) is 17.8 Å². The van der Waals surface area contributed by atoms with Gasteiger partial charge in [-0.1, -0.05) is 376 Å². The van der Waals surface area contributed by atoms with Crippen LogP contribution in [0.15, 0.2) is 0 Å². The summed E-state index contributed by atoms with van der Waals surface area (Å²) < 4.78 is 68.8. The molecule has 0 amide bonds. The van der Waals surface area contributed by atoms with Crippen LogP contribution >= 0.6 is 15.6 Å². The third-order valence-corrected chi connectivity index (χ3v) is 21.8. The lowest BCUT2D eigenvalue weighted by molar-refractivity contribution is -0.161. The molecule has 0 fully saturated rings. The molecule has 4 unspecified atom stereocenters. The van der Waals surface area contributed by atoms with Crippen LogP contribution in [0, 0.1) is 17.8 Å². The second-order valence-corrected chi connectivity index (χ2v) is 33.4. The first-order chi connectivity index (χ1) is 48.8. The Morgan fingerprint density at radius 1 is 0.287 bits per heavy atom. The van der Waals surface area contributed by atoms with Gasteiger partial charge in [0.1, 0.15) is 19.3 Å². The van der Waals surface area contributed by atoms with Crippen LogP contribution in [0.4, 0.5) is 0 Å². The van der Waals surface area contributed by atoms with E-state index in [0.717, 1.165) is 108 Å².